The molecule has 4 nitrogen and oxygen atoms in total. The first-order chi connectivity index (χ1) is 11.5. The molecular weight excluding hydrogens is 338 g/mol. The molecule has 0 atom stereocenters. The number of para-hydroxylation sites is 1. The number of nitrogens with one attached hydrogen (secondary N) is 1. The molecule has 0 unspecified atom stereocenters. The molecule has 0 fully saturated rings. The van der Waals surface area contributed by atoms with Crippen LogP contribution in [-0.4, -0.2) is 37.6 Å². The van der Waals surface area contributed by atoms with E-state index in [4.69, 9.17) is 16.3 Å². The summed E-state index contributed by atoms with van der Waals surface area (Å²) in [7, 11) is 1.71. The van der Waals surface area contributed by atoms with E-state index in [2.05, 4.69) is 5.32 Å². The van der Waals surface area contributed by atoms with Gasteiger partial charge in [-0.3, -0.25) is 9.69 Å². The van der Waals surface area contributed by atoms with Crippen LogP contribution in [0, 0.1) is 11.6 Å². The molecule has 1 N–H and O–H groups in total. The van der Waals surface area contributed by atoms with Crippen molar-refractivity contribution in [1.29, 1.82) is 0 Å². The zero-order chi connectivity index (χ0) is 17.5. The maximum Gasteiger partial charge on any atom is 0.238 e. The molecule has 0 aliphatic rings. The number of likely N-dealkylation sites (N-methyl/N-ethyl adjacent to an activating group) is 1. The average molecular weight is 355 g/mol. The highest BCUT2D eigenvalue weighted by molar-refractivity contribution is 6.30. The second kappa shape index (κ2) is 8.61. The third-order valence-electron chi connectivity index (χ3n) is 3.20. The van der Waals surface area contributed by atoms with Crippen LogP contribution in [0.2, 0.25) is 5.02 Å². The molecule has 7 heteroatoms. The Bertz CT molecular complexity index is 675. The van der Waals surface area contributed by atoms with Gasteiger partial charge in [0.1, 0.15) is 29.7 Å². The van der Waals surface area contributed by atoms with E-state index in [1.807, 2.05) is 0 Å². The molecule has 2 aromatic carbocycles. The topological polar surface area (TPSA) is 41.6 Å². The monoisotopic (exact) mass is 354 g/mol. The Hall–Kier alpha value is -2.18. The number of halogens is 3. The standard InChI is InChI=1S/C17H17ClF2N2O2/c1-22(9-10-24-13-7-5-12(18)6-8-13)11-16(23)21-17-14(19)3-2-4-15(17)20/h2-8H,9-11H2,1H3,(H,21,23). The van der Waals surface area contributed by atoms with Crippen LogP contribution < -0.4 is 10.1 Å². The quantitative estimate of drug-likeness (QED) is 0.826. The molecule has 0 radical (unpaired) electrons. The molecule has 24 heavy (non-hydrogen) atoms. The Kier molecular flexibility index (Phi) is 6.52. The fraction of sp³-hybridized carbons (Fsp3) is 0.235. The first-order valence-electron chi connectivity index (χ1n) is 7.26. The van der Waals surface area contributed by atoms with E-state index in [1.54, 1.807) is 36.2 Å². The summed E-state index contributed by atoms with van der Waals surface area (Å²) in [6, 6.07) is 10.3. The number of hydrogen-bond donors (Lipinski definition) is 1. The van der Waals surface area contributed by atoms with Crippen molar-refractivity contribution in [2.24, 2.45) is 0 Å². The normalized spacial score (nSPS) is 10.7. The second-order valence-corrected chi connectivity index (χ2v) is 5.62. The van der Waals surface area contributed by atoms with Crippen LogP contribution in [0.4, 0.5) is 14.5 Å². The van der Waals surface area contributed by atoms with Gasteiger partial charge in [-0.25, -0.2) is 8.78 Å². The summed E-state index contributed by atoms with van der Waals surface area (Å²) in [5, 5.41) is 2.86. The predicted octanol–water partition coefficient (Wildman–Crippen LogP) is 3.57. The molecule has 0 aromatic heterocycles. The van der Waals surface area contributed by atoms with E-state index in [1.165, 1.54) is 6.07 Å². The highest BCUT2D eigenvalue weighted by atomic mass is 35.5. The zero-order valence-corrected chi connectivity index (χ0v) is 13.8. The molecule has 2 rings (SSSR count). The van der Waals surface area contributed by atoms with E-state index in [0.717, 1.165) is 12.1 Å². The van der Waals surface area contributed by atoms with Crippen LogP contribution in [0.5, 0.6) is 5.75 Å². The Balaban J connectivity index is 1.76. The Morgan fingerprint density at radius 1 is 1.17 bits per heavy atom. The van der Waals surface area contributed by atoms with Crippen molar-refractivity contribution < 1.29 is 18.3 Å². The number of amides is 1. The van der Waals surface area contributed by atoms with E-state index < -0.39 is 23.2 Å². The van der Waals surface area contributed by atoms with Crippen molar-refractivity contribution in [3.63, 3.8) is 0 Å². The lowest BCUT2D eigenvalue weighted by Gasteiger charge is -2.17. The average Bonchev–Trinajstić information content (AvgIpc) is 2.53. The Labute approximate surface area is 144 Å². The first kappa shape index (κ1) is 18.2. The molecular formula is C17H17ClF2N2O2. The number of carbonyl (C=O) groups excluding carboxylic acids is 1. The minimum absolute atomic E-state index is 0.0161. The largest absolute Gasteiger partial charge is 0.492 e. The third kappa shape index (κ3) is 5.47. The summed E-state index contributed by atoms with van der Waals surface area (Å²) in [4.78, 5) is 13.5. The van der Waals surface area contributed by atoms with Gasteiger partial charge < -0.3 is 10.1 Å². The van der Waals surface area contributed by atoms with Crippen molar-refractivity contribution in [3.8, 4) is 5.75 Å². The minimum atomic E-state index is -0.808. The third-order valence-corrected chi connectivity index (χ3v) is 3.45. The zero-order valence-electron chi connectivity index (χ0n) is 13.1. The molecule has 0 aliphatic heterocycles. The van der Waals surface area contributed by atoms with Gasteiger partial charge in [-0.1, -0.05) is 17.7 Å². The number of benzene rings is 2. The van der Waals surface area contributed by atoms with Crippen LogP contribution >= 0.6 is 11.6 Å². The van der Waals surface area contributed by atoms with Gasteiger partial charge in [-0.05, 0) is 43.4 Å². The maximum absolute atomic E-state index is 13.5. The predicted molar refractivity (Wildman–Crippen MR) is 89.4 cm³/mol. The molecule has 0 saturated carbocycles. The van der Waals surface area contributed by atoms with Crippen LogP contribution in [-0.2, 0) is 4.79 Å². The van der Waals surface area contributed by atoms with Crippen LogP contribution in [0.15, 0.2) is 42.5 Å². The summed E-state index contributed by atoms with van der Waals surface area (Å²) < 4.78 is 32.5. The molecule has 0 bridgehead atoms. The highest BCUT2D eigenvalue weighted by Crippen LogP contribution is 2.18. The SMILES string of the molecule is CN(CCOc1ccc(Cl)cc1)CC(=O)Nc1c(F)cccc1F. The summed E-state index contributed by atoms with van der Waals surface area (Å²) in [5.74, 6) is -1.45. The lowest BCUT2D eigenvalue weighted by atomic mass is 10.3. The molecule has 0 saturated heterocycles. The van der Waals surface area contributed by atoms with Gasteiger partial charge in [0.15, 0.2) is 0 Å². The molecule has 1 amide bonds. The number of hydrogen-bond acceptors (Lipinski definition) is 3. The van der Waals surface area contributed by atoms with Gasteiger partial charge in [0, 0.05) is 11.6 Å². The maximum atomic E-state index is 13.5. The number of carbonyl (C=O) groups is 1. The lowest BCUT2D eigenvalue weighted by molar-refractivity contribution is -0.117. The van der Waals surface area contributed by atoms with Gasteiger partial charge in [0.25, 0.3) is 0 Å². The fourth-order valence-corrected chi connectivity index (χ4v) is 2.10. The fourth-order valence-electron chi connectivity index (χ4n) is 1.97. The van der Waals surface area contributed by atoms with Crippen LogP contribution in [0.1, 0.15) is 0 Å². The van der Waals surface area contributed by atoms with Crippen molar-refractivity contribution in [1.82, 2.24) is 4.90 Å². The van der Waals surface area contributed by atoms with Crippen molar-refractivity contribution >= 4 is 23.2 Å². The van der Waals surface area contributed by atoms with Gasteiger partial charge in [-0.15, -0.1) is 0 Å². The van der Waals surface area contributed by atoms with E-state index in [9.17, 15) is 13.6 Å². The Morgan fingerprint density at radius 3 is 2.42 bits per heavy atom. The van der Waals surface area contributed by atoms with E-state index in [-0.39, 0.29) is 6.54 Å². The molecule has 0 spiro atoms. The summed E-state index contributed by atoms with van der Waals surface area (Å²) >= 11 is 5.78. The summed E-state index contributed by atoms with van der Waals surface area (Å²) in [6.45, 7) is 0.813. The van der Waals surface area contributed by atoms with Crippen molar-refractivity contribution in [3.05, 3.63) is 59.1 Å². The number of nitrogens with zero attached hydrogens (tertiary/aromatic N) is 1. The Morgan fingerprint density at radius 2 is 1.79 bits per heavy atom. The highest BCUT2D eigenvalue weighted by Gasteiger charge is 2.13. The van der Waals surface area contributed by atoms with E-state index in [0.29, 0.717) is 23.9 Å². The second-order valence-electron chi connectivity index (χ2n) is 5.18. The van der Waals surface area contributed by atoms with Crippen LogP contribution in [0.25, 0.3) is 0 Å². The first-order valence-corrected chi connectivity index (χ1v) is 7.64. The number of rotatable bonds is 7. The number of anilines is 1. The minimum Gasteiger partial charge on any atom is -0.492 e. The molecule has 128 valence electrons. The van der Waals surface area contributed by atoms with Gasteiger partial charge in [-0.2, -0.15) is 0 Å². The van der Waals surface area contributed by atoms with Crippen molar-refractivity contribution in [2.75, 3.05) is 32.1 Å². The summed E-state index contributed by atoms with van der Waals surface area (Å²) in [5.41, 5.74) is -0.437. The lowest BCUT2D eigenvalue weighted by Crippen LogP contribution is -2.33. The smallest absolute Gasteiger partial charge is 0.238 e. The van der Waals surface area contributed by atoms with Gasteiger partial charge in [0.2, 0.25) is 5.91 Å². The molecule has 0 aliphatic carbocycles. The van der Waals surface area contributed by atoms with Gasteiger partial charge >= 0.3 is 0 Å². The van der Waals surface area contributed by atoms with Gasteiger partial charge in [0.05, 0.1) is 6.54 Å². The number of ether oxygens (including phenoxy) is 1. The van der Waals surface area contributed by atoms with E-state index >= 15 is 0 Å². The van der Waals surface area contributed by atoms with Crippen LogP contribution in [0.3, 0.4) is 0 Å². The van der Waals surface area contributed by atoms with Crippen molar-refractivity contribution in [2.45, 2.75) is 0 Å². The molecule has 2 aromatic rings. The molecule has 0 heterocycles. The summed E-state index contributed by atoms with van der Waals surface area (Å²) in [6.07, 6.45) is 0.